The summed E-state index contributed by atoms with van der Waals surface area (Å²) in [5, 5.41) is 16.3. The number of aliphatic carboxylic acids is 1. The van der Waals surface area contributed by atoms with Gasteiger partial charge in [-0.1, -0.05) is 58.0 Å². The number of rotatable bonds is 12. The number of nitrogens with one attached hydrogen (secondary N) is 3. The Morgan fingerprint density at radius 3 is 1.94 bits per heavy atom. The topological polar surface area (TPSA) is 134 Å². The quantitative estimate of drug-likeness (QED) is 0.397. The van der Waals surface area contributed by atoms with Gasteiger partial charge in [0.15, 0.2) is 0 Å². The Balaban J connectivity index is 2.77. The van der Waals surface area contributed by atoms with Crippen LogP contribution < -0.4 is 16.0 Å². The number of benzene rings is 1. The molecular weight excluding hydrogens is 402 g/mol. The van der Waals surface area contributed by atoms with Crippen molar-refractivity contribution >= 4 is 23.9 Å². The largest absolute Gasteiger partial charge is 0.480 e. The first-order valence-electron chi connectivity index (χ1n) is 10.4. The van der Waals surface area contributed by atoms with E-state index in [2.05, 4.69) is 16.0 Å². The third kappa shape index (κ3) is 11.0. The summed E-state index contributed by atoms with van der Waals surface area (Å²) in [7, 11) is 0. The zero-order valence-corrected chi connectivity index (χ0v) is 18.5. The highest BCUT2D eigenvalue weighted by Crippen LogP contribution is 2.09. The molecule has 0 aliphatic heterocycles. The Morgan fingerprint density at radius 2 is 1.42 bits per heavy atom. The van der Waals surface area contributed by atoms with Gasteiger partial charge in [-0.05, 0) is 30.2 Å². The van der Waals surface area contributed by atoms with Crippen LogP contribution in [-0.2, 0) is 25.7 Å². The first-order valence-corrected chi connectivity index (χ1v) is 10.4. The lowest BCUT2D eigenvalue weighted by atomic mass is 10.00. The molecule has 0 aromatic heterocycles. The van der Waals surface area contributed by atoms with E-state index in [0.29, 0.717) is 12.8 Å². The summed E-state index contributed by atoms with van der Waals surface area (Å²) < 4.78 is 5.20. The van der Waals surface area contributed by atoms with Crippen molar-refractivity contribution in [1.29, 1.82) is 0 Å². The van der Waals surface area contributed by atoms with E-state index in [1.807, 2.05) is 58.0 Å². The number of alkyl carbamates (subject to hydrolysis) is 1. The molecular formula is C22H33N3O6. The van der Waals surface area contributed by atoms with E-state index in [4.69, 9.17) is 9.84 Å². The maximum absolute atomic E-state index is 12.8. The number of carbonyl (C=O) groups excluding carboxylic acids is 3. The van der Waals surface area contributed by atoms with Crippen molar-refractivity contribution in [3.05, 3.63) is 35.9 Å². The summed E-state index contributed by atoms with van der Waals surface area (Å²) in [6.45, 7) is 7.10. The lowest BCUT2D eigenvalue weighted by Crippen LogP contribution is -2.54. The van der Waals surface area contributed by atoms with Crippen LogP contribution in [-0.4, -0.2) is 47.6 Å². The third-order valence-corrected chi connectivity index (χ3v) is 4.28. The number of amides is 3. The first kappa shape index (κ1) is 25.9. The third-order valence-electron chi connectivity index (χ3n) is 4.28. The molecule has 2 atom stereocenters. The maximum Gasteiger partial charge on any atom is 0.408 e. The molecule has 9 nitrogen and oxygen atoms in total. The number of carbonyl (C=O) groups is 4. The van der Waals surface area contributed by atoms with Crippen LogP contribution >= 0.6 is 0 Å². The van der Waals surface area contributed by atoms with Crippen molar-refractivity contribution in [3.8, 4) is 0 Å². The highest BCUT2D eigenvalue weighted by atomic mass is 16.5. The summed E-state index contributed by atoms with van der Waals surface area (Å²) in [6, 6.07) is 7.34. The minimum atomic E-state index is -1.18. The summed E-state index contributed by atoms with van der Waals surface area (Å²) in [5.41, 5.74) is 0.814. The molecule has 31 heavy (non-hydrogen) atoms. The van der Waals surface area contributed by atoms with Gasteiger partial charge in [0.05, 0.1) is 0 Å². The summed E-state index contributed by atoms with van der Waals surface area (Å²) in [4.78, 5) is 48.1. The molecule has 4 N–H and O–H groups in total. The predicted molar refractivity (Wildman–Crippen MR) is 115 cm³/mol. The molecule has 0 unspecified atom stereocenters. The second-order valence-electron chi connectivity index (χ2n) is 8.19. The second kappa shape index (κ2) is 13.3. The molecule has 1 aromatic carbocycles. The van der Waals surface area contributed by atoms with Gasteiger partial charge in [0.1, 0.15) is 25.2 Å². The Bertz CT molecular complexity index is 736. The summed E-state index contributed by atoms with van der Waals surface area (Å²) in [5.74, 6) is -2.12. The van der Waals surface area contributed by atoms with Crippen LogP contribution in [0.4, 0.5) is 4.79 Å². The van der Waals surface area contributed by atoms with Crippen molar-refractivity contribution in [2.24, 2.45) is 11.8 Å². The van der Waals surface area contributed by atoms with Crippen LogP contribution in [0.15, 0.2) is 30.3 Å². The Morgan fingerprint density at radius 1 is 0.871 bits per heavy atom. The van der Waals surface area contributed by atoms with Crippen molar-refractivity contribution in [2.75, 3.05) is 6.54 Å². The smallest absolute Gasteiger partial charge is 0.408 e. The molecule has 0 radical (unpaired) electrons. The zero-order valence-electron chi connectivity index (χ0n) is 18.5. The highest BCUT2D eigenvalue weighted by molar-refractivity contribution is 5.92. The van der Waals surface area contributed by atoms with Crippen molar-refractivity contribution in [2.45, 2.75) is 59.2 Å². The molecule has 1 rings (SSSR count). The van der Waals surface area contributed by atoms with Gasteiger partial charge in [0, 0.05) is 0 Å². The van der Waals surface area contributed by atoms with E-state index in [-0.39, 0.29) is 18.4 Å². The maximum atomic E-state index is 12.8. The summed E-state index contributed by atoms with van der Waals surface area (Å²) in [6.07, 6.45) is -0.0676. The molecule has 0 aliphatic carbocycles. The predicted octanol–water partition coefficient (Wildman–Crippen LogP) is 2.06. The lowest BCUT2D eigenvalue weighted by Gasteiger charge is -2.24. The molecule has 172 valence electrons. The Kier molecular flexibility index (Phi) is 11.1. The van der Waals surface area contributed by atoms with Crippen LogP contribution in [0.1, 0.15) is 46.1 Å². The standard InChI is InChI=1S/C22H33N3O6/c1-14(2)10-17(20(28)23-12-19(26)27)24-21(29)18(11-15(3)4)25-22(30)31-13-16-8-6-5-7-9-16/h5-9,14-15,17-18H,10-13H2,1-4H3,(H,23,28)(H,24,29)(H,25,30)(H,26,27)/t17-,18-/m0/s1. The Labute approximate surface area is 182 Å². The van der Waals surface area contributed by atoms with E-state index in [0.717, 1.165) is 5.56 Å². The van der Waals surface area contributed by atoms with Gasteiger partial charge in [-0.2, -0.15) is 0 Å². The van der Waals surface area contributed by atoms with E-state index in [1.54, 1.807) is 0 Å². The monoisotopic (exact) mass is 435 g/mol. The fourth-order valence-corrected chi connectivity index (χ4v) is 2.87. The molecule has 0 bridgehead atoms. The molecule has 0 saturated heterocycles. The average molecular weight is 436 g/mol. The van der Waals surface area contributed by atoms with Gasteiger partial charge >= 0.3 is 12.1 Å². The number of hydrogen-bond acceptors (Lipinski definition) is 5. The normalized spacial score (nSPS) is 12.7. The molecule has 0 heterocycles. The Hall–Kier alpha value is -3.10. The fourth-order valence-electron chi connectivity index (χ4n) is 2.87. The fraction of sp³-hybridized carbons (Fsp3) is 0.545. The van der Waals surface area contributed by atoms with E-state index in [9.17, 15) is 19.2 Å². The van der Waals surface area contributed by atoms with E-state index < -0.39 is 42.5 Å². The highest BCUT2D eigenvalue weighted by Gasteiger charge is 2.28. The average Bonchev–Trinajstić information content (AvgIpc) is 2.69. The molecule has 3 amide bonds. The summed E-state index contributed by atoms with van der Waals surface area (Å²) >= 11 is 0. The molecule has 0 spiro atoms. The van der Waals surface area contributed by atoms with Crippen LogP contribution in [0.5, 0.6) is 0 Å². The SMILES string of the molecule is CC(C)C[C@H](NC(=O)OCc1ccccc1)C(=O)N[C@@H](CC(C)C)C(=O)NCC(=O)O. The number of hydrogen-bond donors (Lipinski definition) is 4. The van der Waals surface area contributed by atoms with Gasteiger partial charge in [0.2, 0.25) is 11.8 Å². The number of ether oxygens (including phenoxy) is 1. The van der Waals surface area contributed by atoms with E-state index in [1.165, 1.54) is 0 Å². The number of carboxylic acid groups (broad SMARTS) is 1. The van der Waals surface area contributed by atoms with Gasteiger partial charge in [-0.3, -0.25) is 14.4 Å². The zero-order chi connectivity index (χ0) is 23.4. The van der Waals surface area contributed by atoms with Crippen molar-refractivity contribution in [1.82, 2.24) is 16.0 Å². The molecule has 0 fully saturated rings. The molecule has 0 saturated carbocycles. The van der Waals surface area contributed by atoms with Crippen molar-refractivity contribution in [3.63, 3.8) is 0 Å². The van der Waals surface area contributed by atoms with E-state index >= 15 is 0 Å². The minimum absolute atomic E-state index is 0.0657. The van der Waals surface area contributed by atoms with Crippen LogP contribution in [0.3, 0.4) is 0 Å². The molecule has 9 heteroatoms. The van der Waals surface area contributed by atoms with Crippen molar-refractivity contribution < 1.29 is 29.0 Å². The molecule has 0 aliphatic rings. The first-order chi connectivity index (χ1) is 14.6. The van der Waals surface area contributed by atoms with Gasteiger partial charge in [-0.15, -0.1) is 0 Å². The minimum Gasteiger partial charge on any atom is -0.480 e. The lowest BCUT2D eigenvalue weighted by molar-refractivity contribution is -0.138. The van der Waals surface area contributed by atoms with Crippen LogP contribution in [0.25, 0.3) is 0 Å². The molecule has 1 aromatic rings. The van der Waals surface area contributed by atoms with Crippen LogP contribution in [0.2, 0.25) is 0 Å². The van der Waals surface area contributed by atoms with Crippen LogP contribution in [0, 0.1) is 11.8 Å². The second-order valence-corrected chi connectivity index (χ2v) is 8.19. The van der Waals surface area contributed by atoms with Gasteiger partial charge in [-0.25, -0.2) is 4.79 Å². The van der Waals surface area contributed by atoms with Gasteiger partial charge < -0.3 is 25.8 Å². The van der Waals surface area contributed by atoms with Gasteiger partial charge in [0.25, 0.3) is 0 Å². The number of carboxylic acids is 1.